The Bertz CT molecular complexity index is 391. The lowest BCUT2D eigenvalue weighted by atomic mass is 9.85. The smallest absolute Gasteiger partial charge is 0.223 e. The molecule has 3 nitrogen and oxygen atoms in total. The van der Waals surface area contributed by atoms with Crippen LogP contribution in [-0.4, -0.2) is 18.5 Å². The first-order valence-corrected chi connectivity index (χ1v) is 8.08. The number of hydrogen-bond acceptors (Lipinski definition) is 3. The van der Waals surface area contributed by atoms with Crippen LogP contribution >= 0.6 is 11.3 Å². The van der Waals surface area contributed by atoms with Crippen molar-refractivity contribution in [3.63, 3.8) is 0 Å². The van der Waals surface area contributed by atoms with Crippen molar-refractivity contribution < 1.29 is 4.79 Å². The maximum Gasteiger partial charge on any atom is 0.223 e. The van der Waals surface area contributed by atoms with E-state index >= 15 is 0 Å². The average Bonchev–Trinajstić information content (AvgIpc) is 2.88. The zero-order chi connectivity index (χ0) is 13.7. The Balaban J connectivity index is 1.70. The normalized spacial score (nSPS) is 24.9. The van der Waals surface area contributed by atoms with Gasteiger partial charge in [0, 0.05) is 23.4 Å². The second kappa shape index (κ2) is 7.06. The van der Waals surface area contributed by atoms with Crippen LogP contribution in [0.3, 0.4) is 0 Å². The summed E-state index contributed by atoms with van der Waals surface area (Å²) in [4.78, 5) is 13.5. The molecule has 0 aromatic carbocycles. The maximum atomic E-state index is 12.1. The van der Waals surface area contributed by atoms with Gasteiger partial charge in [-0.2, -0.15) is 0 Å². The number of hydrogen-bond donors (Lipinski definition) is 2. The molecule has 1 saturated carbocycles. The van der Waals surface area contributed by atoms with Crippen molar-refractivity contribution in [2.24, 2.45) is 17.6 Å². The Kier molecular flexibility index (Phi) is 5.40. The molecule has 1 fully saturated rings. The first-order valence-electron chi connectivity index (χ1n) is 7.21. The molecule has 1 heterocycles. The summed E-state index contributed by atoms with van der Waals surface area (Å²) in [6, 6.07) is 4.45. The Morgan fingerprint density at radius 2 is 2.42 bits per heavy atom. The van der Waals surface area contributed by atoms with Gasteiger partial charge in [0.1, 0.15) is 0 Å². The fraction of sp³-hybridized carbons (Fsp3) is 0.667. The fourth-order valence-corrected chi connectivity index (χ4v) is 3.60. The summed E-state index contributed by atoms with van der Waals surface area (Å²) in [7, 11) is 0. The lowest BCUT2D eigenvalue weighted by molar-refractivity contribution is -0.126. The third-order valence-corrected chi connectivity index (χ3v) is 4.74. The summed E-state index contributed by atoms with van der Waals surface area (Å²) in [5.41, 5.74) is 5.93. The third-order valence-electron chi connectivity index (χ3n) is 3.84. The van der Waals surface area contributed by atoms with Gasteiger partial charge in [-0.15, -0.1) is 11.3 Å². The molecule has 0 bridgehead atoms. The monoisotopic (exact) mass is 280 g/mol. The zero-order valence-electron chi connectivity index (χ0n) is 11.6. The molecule has 1 aliphatic carbocycles. The van der Waals surface area contributed by atoms with E-state index in [2.05, 4.69) is 29.8 Å². The van der Waals surface area contributed by atoms with Gasteiger partial charge in [0.2, 0.25) is 5.91 Å². The van der Waals surface area contributed by atoms with Gasteiger partial charge < -0.3 is 11.1 Å². The van der Waals surface area contributed by atoms with E-state index in [1.54, 1.807) is 11.3 Å². The molecule has 1 aliphatic rings. The molecule has 4 heteroatoms. The van der Waals surface area contributed by atoms with Crippen LogP contribution in [0.1, 0.15) is 37.5 Å². The molecule has 3 unspecified atom stereocenters. The molecule has 0 radical (unpaired) electrons. The van der Waals surface area contributed by atoms with Crippen LogP contribution in [0.5, 0.6) is 0 Å². The SMILES string of the molecule is CC(CNC(=O)C1CCCC(N)C1)Cc1cccs1. The Labute approximate surface area is 119 Å². The van der Waals surface area contributed by atoms with Gasteiger partial charge in [0.25, 0.3) is 0 Å². The van der Waals surface area contributed by atoms with Gasteiger partial charge in [0.05, 0.1) is 0 Å². The second-order valence-electron chi connectivity index (χ2n) is 5.76. The minimum atomic E-state index is 0.137. The third kappa shape index (κ3) is 4.62. The first-order chi connectivity index (χ1) is 9.15. The van der Waals surface area contributed by atoms with Gasteiger partial charge >= 0.3 is 0 Å². The molecular formula is C15H24N2OS. The highest BCUT2D eigenvalue weighted by atomic mass is 32.1. The average molecular weight is 280 g/mol. The van der Waals surface area contributed by atoms with Crippen molar-refractivity contribution in [1.29, 1.82) is 0 Å². The molecule has 1 amide bonds. The Morgan fingerprint density at radius 1 is 1.58 bits per heavy atom. The van der Waals surface area contributed by atoms with E-state index in [0.717, 1.165) is 38.6 Å². The molecule has 106 valence electrons. The topological polar surface area (TPSA) is 55.1 Å². The van der Waals surface area contributed by atoms with Crippen molar-refractivity contribution in [3.05, 3.63) is 22.4 Å². The van der Waals surface area contributed by atoms with Crippen molar-refractivity contribution in [1.82, 2.24) is 5.32 Å². The van der Waals surface area contributed by atoms with Crippen LogP contribution in [0.2, 0.25) is 0 Å². The summed E-state index contributed by atoms with van der Waals surface area (Å²) in [6.07, 6.45) is 5.05. The number of nitrogens with two attached hydrogens (primary N) is 1. The lowest BCUT2D eigenvalue weighted by Gasteiger charge is -2.26. The summed E-state index contributed by atoms with van der Waals surface area (Å²) >= 11 is 1.78. The molecule has 0 aliphatic heterocycles. The molecule has 19 heavy (non-hydrogen) atoms. The van der Waals surface area contributed by atoms with Crippen molar-refractivity contribution in [2.75, 3.05) is 6.54 Å². The summed E-state index contributed by atoms with van der Waals surface area (Å²) < 4.78 is 0. The molecular weight excluding hydrogens is 256 g/mol. The number of carbonyl (C=O) groups excluding carboxylic acids is 1. The van der Waals surface area contributed by atoms with Crippen molar-refractivity contribution in [2.45, 2.75) is 45.1 Å². The predicted octanol–water partition coefficient (Wildman–Crippen LogP) is 2.56. The van der Waals surface area contributed by atoms with Crippen LogP contribution in [0.15, 0.2) is 17.5 Å². The predicted molar refractivity (Wildman–Crippen MR) is 80.1 cm³/mol. The van der Waals surface area contributed by atoms with Gasteiger partial charge in [-0.3, -0.25) is 4.79 Å². The van der Waals surface area contributed by atoms with Crippen LogP contribution in [0, 0.1) is 11.8 Å². The number of carbonyl (C=O) groups is 1. The quantitative estimate of drug-likeness (QED) is 0.871. The molecule has 3 N–H and O–H groups in total. The summed E-state index contributed by atoms with van der Waals surface area (Å²) in [5.74, 6) is 0.825. The fourth-order valence-electron chi connectivity index (χ4n) is 2.73. The number of thiophene rings is 1. The van der Waals surface area contributed by atoms with Crippen molar-refractivity contribution >= 4 is 17.2 Å². The number of amides is 1. The van der Waals surface area contributed by atoms with Gasteiger partial charge in [0.15, 0.2) is 0 Å². The van der Waals surface area contributed by atoms with E-state index < -0.39 is 0 Å². The number of nitrogens with one attached hydrogen (secondary N) is 1. The van der Waals surface area contributed by atoms with E-state index in [9.17, 15) is 4.79 Å². The van der Waals surface area contributed by atoms with E-state index in [1.807, 2.05) is 0 Å². The minimum absolute atomic E-state index is 0.137. The highest BCUT2D eigenvalue weighted by molar-refractivity contribution is 7.09. The van der Waals surface area contributed by atoms with E-state index in [0.29, 0.717) is 5.92 Å². The Hall–Kier alpha value is -0.870. The molecule has 0 saturated heterocycles. The molecule has 0 spiro atoms. The van der Waals surface area contributed by atoms with E-state index in [-0.39, 0.29) is 17.9 Å². The largest absolute Gasteiger partial charge is 0.356 e. The second-order valence-corrected chi connectivity index (χ2v) is 6.79. The lowest BCUT2D eigenvalue weighted by Crippen LogP contribution is -2.39. The Morgan fingerprint density at radius 3 is 3.11 bits per heavy atom. The first kappa shape index (κ1) is 14.5. The molecule has 3 atom stereocenters. The number of rotatable bonds is 5. The highest BCUT2D eigenvalue weighted by Crippen LogP contribution is 2.23. The minimum Gasteiger partial charge on any atom is -0.356 e. The standard InChI is InChI=1S/C15H24N2OS/c1-11(8-14-6-3-7-19-14)10-17-15(18)12-4-2-5-13(16)9-12/h3,6-7,11-13H,2,4-5,8-10,16H2,1H3,(H,17,18). The van der Waals surface area contributed by atoms with E-state index in [4.69, 9.17) is 5.73 Å². The van der Waals surface area contributed by atoms with Crippen LogP contribution in [0.25, 0.3) is 0 Å². The highest BCUT2D eigenvalue weighted by Gasteiger charge is 2.25. The van der Waals surface area contributed by atoms with Crippen LogP contribution in [0.4, 0.5) is 0 Å². The van der Waals surface area contributed by atoms with Gasteiger partial charge in [-0.1, -0.05) is 19.4 Å². The van der Waals surface area contributed by atoms with Gasteiger partial charge in [-0.25, -0.2) is 0 Å². The van der Waals surface area contributed by atoms with Crippen LogP contribution in [-0.2, 0) is 11.2 Å². The van der Waals surface area contributed by atoms with Crippen LogP contribution < -0.4 is 11.1 Å². The maximum absolute atomic E-state index is 12.1. The zero-order valence-corrected chi connectivity index (χ0v) is 12.4. The molecule has 2 rings (SSSR count). The van der Waals surface area contributed by atoms with Crippen molar-refractivity contribution in [3.8, 4) is 0 Å². The summed E-state index contributed by atoms with van der Waals surface area (Å²) in [6.45, 7) is 2.95. The molecule has 1 aromatic rings. The summed E-state index contributed by atoms with van der Waals surface area (Å²) in [5, 5.41) is 5.20. The van der Waals surface area contributed by atoms with Gasteiger partial charge in [-0.05, 0) is 43.0 Å². The van der Waals surface area contributed by atoms with E-state index in [1.165, 1.54) is 4.88 Å². The molecule has 1 aromatic heterocycles.